The maximum Gasteiger partial charge on any atom is 0.288 e. The van der Waals surface area contributed by atoms with Crippen LogP contribution in [0.5, 0.6) is 0 Å². The van der Waals surface area contributed by atoms with E-state index in [1.807, 2.05) is 60.7 Å². The zero-order valence-electron chi connectivity index (χ0n) is 21.7. The maximum absolute atomic E-state index is 13.6. The average molecular weight is 564 g/mol. The molecule has 0 fully saturated rings. The maximum atomic E-state index is 13.6. The molecular weight excluding hydrogens is 542 g/mol. The molecule has 0 atom stereocenters. The number of fused-ring (bicyclic) bond motifs is 1. The third-order valence-electron chi connectivity index (χ3n) is 6.42. The summed E-state index contributed by atoms with van der Waals surface area (Å²) in [6.07, 6.45) is 1.31. The molecule has 1 aliphatic heterocycles. The summed E-state index contributed by atoms with van der Waals surface area (Å²) < 4.78 is 1.57. The van der Waals surface area contributed by atoms with Crippen molar-refractivity contribution in [1.29, 1.82) is 0 Å². The smallest absolute Gasteiger partial charge is 0.288 e. The summed E-state index contributed by atoms with van der Waals surface area (Å²) >= 11 is 6.09. The predicted molar refractivity (Wildman–Crippen MR) is 155 cm³/mol. The molecule has 2 N–H and O–H groups in total. The van der Waals surface area contributed by atoms with Crippen molar-refractivity contribution in [2.45, 2.75) is 13.3 Å². The summed E-state index contributed by atoms with van der Waals surface area (Å²) in [5, 5.41) is 6.39. The van der Waals surface area contributed by atoms with E-state index in [4.69, 9.17) is 11.6 Å². The number of carbonyl (C=O) groups excluding carboxylic acids is 2. The molecule has 2 aromatic heterocycles. The Balaban J connectivity index is 1.38. The molecule has 41 heavy (non-hydrogen) atoms. The first-order valence-electron chi connectivity index (χ1n) is 12.7. The number of hydrogen-bond donors (Lipinski definition) is 2. The van der Waals surface area contributed by atoms with Gasteiger partial charge in [0.1, 0.15) is 16.9 Å². The minimum absolute atomic E-state index is 0.111. The van der Waals surface area contributed by atoms with Gasteiger partial charge in [-0.2, -0.15) is 5.10 Å². The number of aromatic nitrogens is 4. The van der Waals surface area contributed by atoms with Crippen LogP contribution in [0.25, 0.3) is 22.8 Å². The van der Waals surface area contributed by atoms with E-state index < -0.39 is 17.4 Å². The Kier molecular flexibility index (Phi) is 6.74. The lowest BCUT2D eigenvalue weighted by molar-refractivity contribution is -0.135. The van der Waals surface area contributed by atoms with Crippen LogP contribution in [0, 0.1) is 6.92 Å². The first-order chi connectivity index (χ1) is 19.9. The summed E-state index contributed by atoms with van der Waals surface area (Å²) in [5.74, 6) is -0.813. The van der Waals surface area contributed by atoms with Gasteiger partial charge in [0, 0.05) is 10.6 Å². The Bertz CT molecular complexity index is 1910. The van der Waals surface area contributed by atoms with Crippen molar-refractivity contribution in [1.82, 2.24) is 30.2 Å². The second-order valence-corrected chi connectivity index (χ2v) is 9.71. The molecule has 5 aromatic rings. The molecule has 0 radical (unpaired) electrons. The van der Waals surface area contributed by atoms with Crippen LogP contribution >= 0.6 is 11.6 Å². The van der Waals surface area contributed by atoms with Gasteiger partial charge in [-0.15, -0.1) is 0 Å². The van der Waals surface area contributed by atoms with E-state index in [0.29, 0.717) is 27.3 Å². The van der Waals surface area contributed by atoms with Gasteiger partial charge in [-0.25, -0.2) is 19.7 Å². The highest BCUT2D eigenvalue weighted by Crippen LogP contribution is 2.20. The molecule has 0 bridgehead atoms. The second-order valence-electron chi connectivity index (χ2n) is 9.27. The highest BCUT2D eigenvalue weighted by molar-refractivity contribution is 6.30. The number of aromatic amines is 1. The fourth-order valence-electron chi connectivity index (χ4n) is 4.49. The first kappa shape index (κ1) is 25.9. The second kappa shape index (κ2) is 10.7. The number of aryl methyl sites for hydroxylation is 1. The fourth-order valence-corrected chi connectivity index (χ4v) is 4.62. The molecule has 0 spiro atoms. The molecule has 202 valence electrons. The molecule has 0 saturated heterocycles. The van der Waals surface area contributed by atoms with E-state index in [1.165, 1.54) is 0 Å². The molecule has 2 amide bonds. The van der Waals surface area contributed by atoms with Crippen LogP contribution in [-0.2, 0) is 16.0 Å². The van der Waals surface area contributed by atoms with Gasteiger partial charge in [-0.3, -0.25) is 19.8 Å². The molecule has 0 unspecified atom stereocenters. The van der Waals surface area contributed by atoms with Gasteiger partial charge in [0.25, 0.3) is 17.4 Å². The summed E-state index contributed by atoms with van der Waals surface area (Å²) in [7, 11) is 0. The molecule has 3 heterocycles. The quantitative estimate of drug-likeness (QED) is 0.313. The first-order valence-corrected chi connectivity index (χ1v) is 13.0. The lowest BCUT2D eigenvalue weighted by atomic mass is 10.1. The van der Waals surface area contributed by atoms with Crippen LogP contribution in [0.4, 0.5) is 0 Å². The molecule has 0 saturated carbocycles. The van der Waals surface area contributed by atoms with Crippen molar-refractivity contribution in [3.8, 4) is 5.69 Å². The van der Waals surface area contributed by atoms with Crippen LogP contribution in [0.3, 0.4) is 0 Å². The molecule has 1 aliphatic rings. The lowest BCUT2D eigenvalue weighted by Gasteiger charge is -2.28. The summed E-state index contributed by atoms with van der Waals surface area (Å²) in [6, 6.07) is 25.3. The number of rotatable bonds is 5. The topological polar surface area (TPSA) is 125 Å². The Morgan fingerprint density at radius 3 is 2.34 bits per heavy atom. The number of amidine groups is 1. The van der Waals surface area contributed by atoms with E-state index in [-0.39, 0.29) is 23.8 Å². The monoisotopic (exact) mass is 563 g/mol. The van der Waals surface area contributed by atoms with E-state index in [9.17, 15) is 14.4 Å². The van der Waals surface area contributed by atoms with Crippen LogP contribution in [0.15, 0.2) is 100 Å². The minimum atomic E-state index is -0.561. The molecule has 11 heteroatoms. The largest absolute Gasteiger partial charge is 0.309 e. The van der Waals surface area contributed by atoms with Gasteiger partial charge in [-0.1, -0.05) is 60.1 Å². The number of nitrogens with one attached hydrogen (secondary N) is 2. The van der Waals surface area contributed by atoms with Gasteiger partial charge in [0.05, 0.1) is 17.8 Å². The van der Waals surface area contributed by atoms with Gasteiger partial charge in [-0.05, 0) is 55.0 Å². The van der Waals surface area contributed by atoms with Crippen molar-refractivity contribution in [3.63, 3.8) is 0 Å². The predicted octanol–water partition coefficient (Wildman–Crippen LogP) is 3.97. The number of H-pyrrole nitrogens is 1. The van der Waals surface area contributed by atoms with E-state index >= 15 is 0 Å². The number of aliphatic imine (C=N–C) groups is 1. The van der Waals surface area contributed by atoms with Gasteiger partial charge < -0.3 is 4.98 Å². The number of carbonyl (C=O) groups is 2. The fraction of sp³-hybridized carbons (Fsp3) is 0.0667. The highest BCUT2D eigenvalue weighted by atomic mass is 35.5. The van der Waals surface area contributed by atoms with Crippen LogP contribution in [0.2, 0.25) is 5.02 Å². The number of para-hydroxylation sites is 1. The third kappa shape index (κ3) is 5.15. The highest BCUT2D eigenvalue weighted by Gasteiger charge is 2.30. The Hall–Kier alpha value is -5.35. The normalized spacial score (nSPS) is 14.3. The van der Waals surface area contributed by atoms with Gasteiger partial charge in [0.2, 0.25) is 0 Å². The molecular formula is C30H22ClN7O3. The van der Waals surface area contributed by atoms with Crippen molar-refractivity contribution in [2.24, 2.45) is 4.99 Å². The number of nitrogens with zero attached hydrogens (tertiary/aromatic N) is 5. The Labute approximate surface area is 238 Å². The number of amides is 2. The summed E-state index contributed by atoms with van der Waals surface area (Å²) in [5.41, 5.74) is 5.23. The number of hydrogen-bond acceptors (Lipinski definition) is 6. The molecule has 6 rings (SSSR count). The lowest BCUT2D eigenvalue weighted by Crippen LogP contribution is -2.54. The summed E-state index contributed by atoms with van der Waals surface area (Å²) in [6.45, 7) is 1.72. The van der Waals surface area contributed by atoms with Crippen molar-refractivity contribution < 1.29 is 9.59 Å². The Morgan fingerprint density at radius 2 is 1.63 bits per heavy atom. The zero-order valence-corrected chi connectivity index (χ0v) is 22.5. The van der Waals surface area contributed by atoms with Crippen molar-refractivity contribution >= 4 is 46.4 Å². The van der Waals surface area contributed by atoms with Crippen LogP contribution < -0.4 is 11.0 Å². The Morgan fingerprint density at radius 1 is 0.951 bits per heavy atom. The van der Waals surface area contributed by atoms with Crippen molar-refractivity contribution in [2.75, 3.05) is 0 Å². The van der Waals surface area contributed by atoms with Gasteiger partial charge in [0.15, 0.2) is 11.5 Å². The van der Waals surface area contributed by atoms with E-state index in [2.05, 4.69) is 25.5 Å². The van der Waals surface area contributed by atoms with E-state index in [0.717, 1.165) is 16.3 Å². The van der Waals surface area contributed by atoms with Gasteiger partial charge >= 0.3 is 0 Å². The number of benzene rings is 3. The van der Waals surface area contributed by atoms with Crippen molar-refractivity contribution in [3.05, 3.63) is 129 Å². The average Bonchev–Trinajstić information content (AvgIpc) is 3.32. The molecule has 3 aromatic carbocycles. The minimum Gasteiger partial charge on any atom is -0.309 e. The number of halogens is 1. The van der Waals surface area contributed by atoms with Crippen LogP contribution in [0.1, 0.15) is 22.6 Å². The SMILES string of the molecule is Cc1nn(-c2ccccc2)c2nc(CC(=O)N3NC(=O)/C(=C\c4ccccc4)N=C3c3ccc(Cl)cc3)[nH]c(=O)c12. The van der Waals surface area contributed by atoms with E-state index in [1.54, 1.807) is 41.9 Å². The standard InChI is InChI=1S/C30H22ClN7O3/c1-18-26-28(37(35-18)22-10-6-3-7-11-22)33-24(34-30(26)41)17-25(39)38-27(20-12-14-21(31)15-13-20)32-23(29(40)36-38)16-19-8-4-2-5-9-19/h2-16H,17H2,1H3,(H,36,40)(H,33,34,41)/b23-16+. The summed E-state index contributed by atoms with van der Waals surface area (Å²) in [4.78, 5) is 51.5. The third-order valence-corrected chi connectivity index (χ3v) is 6.67. The molecule has 0 aliphatic carbocycles. The molecule has 10 nitrogen and oxygen atoms in total. The number of hydrazine groups is 1. The van der Waals surface area contributed by atoms with Crippen LogP contribution in [-0.4, -0.2) is 42.4 Å². The zero-order chi connectivity index (χ0) is 28.5.